The van der Waals surface area contributed by atoms with Crippen LogP contribution in [0.4, 0.5) is 0 Å². The zero-order valence-corrected chi connectivity index (χ0v) is 4.00. The summed E-state index contributed by atoms with van der Waals surface area (Å²) in [5.74, 6) is 0. The van der Waals surface area contributed by atoms with Crippen LogP contribution < -0.4 is 8.19 Å². The van der Waals surface area contributed by atoms with E-state index in [0.717, 1.165) is 0 Å². The van der Waals surface area contributed by atoms with Crippen molar-refractivity contribution < 1.29 is 18.9 Å². The Morgan fingerprint density at radius 3 is 1.80 bits per heavy atom. The van der Waals surface area contributed by atoms with Crippen LogP contribution >= 0.6 is 0 Å². The largest absolute Gasteiger partial charge is 1.00 e. The molecular weight excluding hydrogens is 139 g/mol. The molecule has 0 saturated heterocycles. The minimum absolute atomic E-state index is 0. The Bertz CT molecular complexity index is 55.8. The average Bonchev–Trinajstić information content (AvgIpc) is 0.722. The van der Waals surface area contributed by atoms with Gasteiger partial charge in [-0.15, -0.1) is 0 Å². The number of hydrogen-bond donors (Lipinski definition) is 1. The fraction of sp³-hybridized carbons (Fsp3) is 0. The van der Waals surface area contributed by atoms with Gasteiger partial charge >= 0.3 is 33.4 Å². The zero-order chi connectivity index (χ0) is 4.50. The van der Waals surface area contributed by atoms with E-state index in [9.17, 15) is 0 Å². The second kappa shape index (κ2) is 1.14. The molecule has 0 radical (unpaired) electrons. The van der Waals surface area contributed by atoms with E-state index in [-0.39, 0.29) is 2.85 Å². The number of hydrogen-bond acceptors (Lipinski definition) is 3. The average molecular weight is 142 g/mol. The summed E-state index contributed by atoms with van der Waals surface area (Å²) in [6.07, 6.45) is 0. The Kier molecular flexibility index (Phi) is 1.20. The summed E-state index contributed by atoms with van der Waals surface area (Å²) >= 11 is -5.62. The summed E-state index contributed by atoms with van der Waals surface area (Å²) in [6, 6.07) is 0. The Labute approximate surface area is 34.4 Å². The normalized spacial score (nSPS) is 11.8. The van der Waals surface area contributed by atoms with Gasteiger partial charge in [0.25, 0.3) is 0 Å². The van der Waals surface area contributed by atoms with E-state index >= 15 is 0 Å². The van der Waals surface area contributed by atoms with Crippen molar-refractivity contribution in [2.24, 2.45) is 0 Å². The third-order valence-electron chi connectivity index (χ3n) is 0. The van der Waals surface area contributed by atoms with Gasteiger partial charge in [0.2, 0.25) is 0 Å². The van der Waals surface area contributed by atoms with Crippen molar-refractivity contribution in [3.8, 4) is 0 Å². The standard InChI is InChI=1S/AsH3O4/c2-1(3,4)5/h(H3,2,3,4,5). The minimum atomic E-state index is -5.62. The van der Waals surface area contributed by atoms with Crippen LogP contribution in [0, 0.1) is 0 Å². The first-order chi connectivity index (χ1) is 2.00. The zero-order valence-electron chi connectivity index (χ0n) is 4.12. The van der Waals surface area contributed by atoms with Crippen molar-refractivity contribution in [3.05, 3.63) is 0 Å². The molecule has 0 rings (SSSR count). The predicted octanol–water partition coefficient (Wildman–Crippen LogP) is -3.21. The van der Waals surface area contributed by atoms with E-state index < -0.39 is 14.5 Å². The fourth-order valence-electron chi connectivity index (χ4n) is 0. The van der Waals surface area contributed by atoms with Gasteiger partial charge in [-0.2, -0.15) is 0 Å². The van der Waals surface area contributed by atoms with Crippen molar-refractivity contribution in [1.29, 1.82) is 0 Å². The van der Waals surface area contributed by atoms with E-state index in [2.05, 4.69) is 0 Å². The molecular formula is H3AsO4. The van der Waals surface area contributed by atoms with Gasteiger partial charge in [0, 0.05) is 0 Å². The molecule has 0 bridgehead atoms. The first-order valence-corrected chi connectivity index (χ1v) is 3.89. The first-order valence-electron chi connectivity index (χ1n) is 0.748. The van der Waals surface area contributed by atoms with Gasteiger partial charge < -0.3 is 0 Å². The maximum absolute atomic E-state index is 8.72. The third kappa shape index (κ3) is 374. The van der Waals surface area contributed by atoms with Crippen LogP contribution in [0.3, 0.4) is 0 Å². The molecule has 0 aliphatic heterocycles. The Balaban J connectivity index is -0.0000000800. The second-order valence-electron chi connectivity index (χ2n) is 0.469. The molecule has 5 heavy (non-hydrogen) atoms. The second-order valence-corrected chi connectivity index (χ2v) is 2.43. The quantitative estimate of drug-likeness (QED) is 0.361. The van der Waals surface area contributed by atoms with Gasteiger partial charge in [-0.3, -0.25) is 0 Å². The van der Waals surface area contributed by atoms with Crippen molar-refractivity contribution >= 4 is 14.5 Å². The van der Waals surface area contributed by atoms with Crippen LogP contribution in [-0.2, 0) is 3.74 Å². The molecule has 0 aromatic carbocycles. The molecule has 0 unspecified atom stereocenters. The molecule has 0 aliphatic rings. The summed E-state index contributed by atoms with van der Waals surface area (Å²) in [6.45, 7) is 0. The van der Waals surface area contributed by atoms with Gasteiger partial charge in [-0.25, -0.2) is 0 Å². The SMILES string of the molecule is O=[As]([O-])([O-])O.[H+].[H+]. The molecule has 32 valence electrons. The van der Waals surface area contributed by atoms with Crippen molar-refractivity contribution in [2.45, 2.75) is 0 Å². The third-order valence-corrected chi connectivity index (χ3v) is 0. The number of rotatable bonds is 0. The molecule has 0 heterocycles. The summed E-state index contributed by atoms with van der Waals surface area (Å²) in [5, 5.41) is 0. The van der Waals surface area contributed by atoms with Gasteiger partial charge in [0.15, 0.2) is 0 Å². The topological polar surface area (TPSA) is 83.4 Å². The van der Waals surface area contributed by atoms with Gasteiger partial charge in [0.1, 0.15) is 0 Å². The van der Waals surface area contributed by atoms with E-state index in [1.165, 1.54) is 0 Å². The van der Waals surface area contributed by atoms with Crippen LogP contribution in [0.5, 0.6) is 0 Å². The van der Waals surface area contributed by atoms with E-state index in [0.29, 0.717) is 0 Å². The Hall–Kier alpha value is 0.238. The monoisotopic (exact) mass is 142 g/mol. The van der Waals surface area contributed by atoms with E-state index in [4.69, 9.17) is 16.0 Å². The predicted molar refractivity (Wildman–Crippen MR) is 10.9 cm³/mol. The first kappa shape index (κ1) is 5.24. The molecule has 0 aliphatic carbocycles. The maximum Gasteiger partial charge on any atom is 1.00 e. The molecule has 0 atom stereocenters. The van der Waals surface area contributed by atoms with Crippen LogP contribution in [-0.4, -0.2) is 18.6 Å². The maximum atomic E-state index is 8.72. The Morgan fingerprint density at radius 2 is 1.80 bits per heavy atom. The summed E-state index contributed by atoms with van der Waals surface area (Å²) in [5.41, 5.74) is 0. The van der Waals surface area contributed by atoms with Crippen molar-refractivity contribution in [3.63, 3.8) is 0 Å². The van der Waals surface area contributed by atoms with E-state index in [1.54, 1.807) is 0 Å². The molecule has 0 aromatic heterocycles. The van der Waals surface area contributed by atoms with Crippen LogP contribution in [0.15, 0.2) is 0 Å². The fourth-order valence-corrected chi connectivity index (χ4v) is 0. The molecule has 0 saturated carbocycles. The summed E-state index contributed by atoms with van der Waals surface area (Å²) < 4.78 is 33.2. The smallest absolute Gasteiger partial charge is 1.00 e. The van der Waals surface area contributed by atoms with Gasteiger partial charge in [-0.05, 0) is 0 Å². The molecule has 0 amide bonds. The minimum Gasteiger partial charge on any atom is 1.00 e. The molecule has 0 aromatic rings. The van der Waals surface area contributed by atoms with Crippen molar-refractivity contribution in [1.82, 2.24) is 0 Å². The van der Waals surface area contributed by atoms with Gasteiger partial charge in [0.05, 0.1) is 0 Å². The van der Waals surface area contributed by atoms with Crippen LogP contribution in [0.1, 0.15) is 2.85 Å². The molecule has 0 fully saturated rings. The van der Waals surface area contributed by atoms with Gasteiger partial charge in [-0.1, -0.05) is 0 Å². The van der Waals surface area contributed by atoms with Crippen LogP contribution in [0.2, 0.25) is 0 Å². The molecule has 1 N–H and O–H groups in total. The Morgan fingerprint density at radius 1 is 1.80 bits per heavy atom. The van der Waals surface area contributed by atoms with Crippen LogP contribution in [0.25, 0.3) is 0 Å². The van der Waals surface area contributed by atoms with Crippen molar-refractivity contribution in [2.75, 3.05) is 0 Å². The molecule has 0 spiro atoms. The summed E-state index contributed by atoms with van der Waals surface area (Å²) in [7, 11) is 0. The molecule has 4 nitrogen and oxygen atoms in total. The summed E-state index contributed by atoms with van der Waals surface area (Å²) in [4.78, 5) is 0. The van der Waals surface area contributed by atoms with E-state index in [1.807, 2.05) is 0 Å². The molecule has 5 heteroatoms.